The Bertz CT molecular complexity index is 1390. The smallest absolute Gasteiger partial charge is 0.251 e. The minimum Gasteiger partial charge on any atom is -0.348 e. The van der Waals surface area contributed by atoms with Crippen LogP contribution in [0.5, 0.6) is 0 Å². The van der Waals surface area contributed by atoms with Crippen LogP contribution in [0.2, 0.25) is 5.02 Å². The van der Waals surface area contributed by atoms with Gasteiger partial charge < -0.3 is 9.88 Å². The Morgan fingerprint density at radius 2 is 1.81 bits per heavy atom. The molecule has 8 heteroatoms. The zero-order valence-corrected chi connectivity index (χ0v) is 22.5. The summed E-state index contributed by atoms with van der Waals surface area (Å²) in [6.07, 6.45) is 4.95. The summed E-state index contributed by atoms with van der Waals surface area (Å²) in [4.78, 5) is 15.7. The van der Waals surface area contributed by atoms with Crippen molar-refractivity contribution in [1.82, 2.24) is 14.8 Å². The molecule has 0 unspecified atom stereocenters. The summed E-state index contributed by atoms with van der Waals surface area (Å²) >= 11 is 6.32. The number of likely N-dealkylation sites (tertiary alicyclic amines) is 1. The molecule has 1 N–H and O–H groups in total. The van der Waals surface area contributed by atoms with Gasteiger partial charge in [0.1, 0.15) is 0 Å². The van der Waals surface area contributed by atoms with Crippen molar-refractivity contribution in [1.29, 1.82) is 0 Å². The number of nitrogens with zero attached hydrogens (tertiary/aromatic N) is 2. The molecule has 0 radical (unpaired) electrons. The van der Waals surface area contributed by atoms with E-state index in [2.05, 4.69) is 33.8 Å². The van der Waals surface area contributed by atoms with Crippen molar-refractivity contribution < 1.29 is 13.2 Å². The summed E-state index contributed by atoms with van der Waals surface area (Å²) in [6.45, 7) is 7.42. The summed E-state index contributed by atoms with van der Waals surface area (Å²) in [5.41, 5.74) is 3.83. The number of hydrogen-bond donors (Lipinski definition) is 1. The zero-order chi connectivity index (χ0) is 25.4. The number of hydrogen-bond acceptors (Lipinski definition) is 4. The Morgan fingerprint density at radius 1 is 1.06 bits per heavy atom. The molecular formula is C28H34ClN3O3S. The maximum atomic E-state index is 13.0. The van der Waals surface area contributed by atoms with Gasteiger partial charge in [0.05, 0.1) is 10.6 Å². The first-order chi connectivity index (χ1) is 17.2. The molecule has 1 aromatic heterocycles. The van der Waals surface area contributed by atoms with Crippen LogP contribution in [0.1, 0.15) is 67.2 Å². The highest BCUT2D eigenvalue weighted by atomic mass is 35.5. The maximum Gasteiger partial charge on any atom is 0.251 e. The number of carbonyl (C=O) groups excluding carboxylic acids is 1. The molecule has 1 aliphatic carbocycles. The molecule has 0 atom stereocenters. The molecule has 2 fully saturated rings. The standard InChI is InChI=1S/C28H34ClN3O3S/c1-3-36(34,35)25-8-4-21(26(29)16-25)17-30-28(33)20-5-9-27-22(14-20)15-24(32(27)23-6-7-23)18-31-12-10-19(2)11-13-31/h4-5,8-9,14-16,19,23H,3,6-7,10-13,17-18H2,1-2H3,(H,30,33). The number of fused-ring (bicyclic) bond motifs is 1. The quantitative estimate of drug-likeness (QED) is 0.415. The van der Waals surface area contributed by atoms with Crippen LogP contribution < -0.4 is 5.32 Å². The first kappa shape index (κ1) is 25.3. The molecule has 1 saturated heterocycles. The van der Waals surface area contributed by atoms with Gasteiger partial charge in [-0.2, -0.15) is 0 Å². The number of halogens is 1. The number of sulfone groups is 1. The predicted octanol–water partition coefficient (Wildman–Crippen LogP) is 5.59. The fourth-order valence-corrected chi connectivity index (χ4v) is 6.30. The van der Waals surface area contributed by atoms with E-state index in [-0.39, 0.29) is 23.1 Å². The minimum atomic E-state index is -3.32. The Balaban J connectivity index is 1.31. The molecule has 1 saturated carbocycles. The van der Waals surface area contributed by atoms with Crippen LogP contribution in [0.3, 0.4) is 0 Å². The van der Waals surface area contributed by atoms with Crippen LogP contribution in [-0.4, -0.2) is 42.6 Å². The number of rotatable bonds is 8. The van der Waals surface area contributed by atoms with E-state index in [1.165, 1.54) is 43.0 Å². The van der Waals surface area contributed by atoms with Crippen LogP contribution in [0, 0.1) is 5.92 Å². The van der Waals surface area contributed by atoms with Crippen LogP contribution in [-0.2, 0) is 22.9 Å². The highest BCUT2D eigenvalue weighted by molar-refractivity contribution is 7.91. The molecular weight excluding hydrogens is 494 g/mol. The lowest BCUT2D eigenvalue weighted by Gasteiger charge is -2.30. The van der Waals surface area contributed by atoms with Gasteiger partial charge in [-0.3, -0.25) is 9.69 Å². The Hall–Kier alpha value is -2.35. The number of piperidine rings is 1. The van der Waals surface area contributed by atoms with Crippen LogP contribution in [0.4, 0.5) is 0 Å². The average Bonchev–Trinajstić information content (AvgIpc) is 3.64. The zero-order valence-electron chi connectivity index (χ0n) is 21.0. The Kier molecular flexibility index (Phi) is 7.16. The normalized spacial score (nSPS) is 17.5. The maximum absolute atomic E-state index is 13.0. The topological polar surface area (TPSA) is 71.4 Å². The SMILES string of the molecule is CCS(=O)(=O)c1ccc(CNC(=O)c2ccc3c(c2)cc(CN2CCC(C)CC2)n3C2CC2)c(Cl)c1. The number of benzene rings is 2. The molecule has 0 bridgehead atoms. The summed E-state index contributed by atoms with van der Waals surface area (Å²) in [5.74, 6) is 0.654. The van der Waals surface area contributed by atoms with Gasteiger partial charge in [0.15, 0.2) is 9.84 Å². The fraction of sp³-hybridized carbons (Fsp3) is 0.464. The largest absolute Gasteiger partial charge is 0.348 e. The van der Waals surface area contributed by atoms with Crippen LogP contribution >= 0.6 is 11.6 Å². The van der Waals surface area contributed by atoms with Crippen molar-refractivity contribution in [3.8, 4) is 0 Å². The second kappa shape index (κ2) is 10.2. The molecule has 1 aliphatic heterocycles. The average molecular weight is 528 g/mol. The van der Waals surface area contributed by atoms with E-state index in [4.69, 9.17) is 11.6 Å². The monoisotopic (exact) mass is 527 g/mol. The van der Waals surface area contributed by atoms with Crippen molar-refractivity contribution in [3.05, 3.63) is 64.3 Å². The molecule has 192 valence electrons. The first-order valence-corrected chi connectivity index (χ1v) is 14.9. The lowest BCUT2D eigenvalue weighted by atomic mass is 9.99. The van der Waals surface area contributed by atoms with E-state index in [0.29, 0.717) is 22.2 Å². The van der Waals surface area contributed by atoms with Gasteiger partial charge in [0, 0.05) is 46.3 Å². The summed E-state index contributed by atoms with van der Waals surface area (Å²) in [5, 5.41) is 4.36. The molecule has 5 rings (SSSR count). The van der Waals surface area contributed by atoms with Gasteiger partial charge in [-0.1, -0.05) is 31.5 Å². The molecule has 0 spiro atoms. The second-order valence-corrected chi connectivity index (χ2v) is 13.0. The fourth-order valence-electron chi connectivity index (χ4n) is 5.08. The van der Waals surface area contributed by atoms with E-state index in [1.54, 1.807) is 19.1 Å². The molecule has 3 aromatic rings. The predicted molar refractivity (Wildman–Crippen MR) is 144 cm³/mol. The Labute approximate surface area is 218 Å². The highest BCUT2D eigenvalue weighted by Gasteiger charge is 2.28. The van der Waals surface area contributed by atoms with Crippen molar-refractivity contribution in [2.75, 3.05) is 18.8 Å². The third kappa shape index (κ3) is 5.34. The van der Waals surface area contributed by atoms with Crippen molar-refractivity contribution in [2.24, 2.45) is 5.92 Å². The molecule has 6 nitrogen and oxygen atoms in total. The van der Waals surface area contributed by atoms with Gasteiger partial charge in [0.25, 0.3) is 5.91 Å². The number of nitrogens with one attached hydrogen (secondary N) is 1. The number of carbonyl (C=O) groups is 1. The van der Waals surface area contributed by atoms with E-state index in [0.717, 1.165) is 30.9 Å². The van der Waals surface area contributed by atoms with Crippen LogP contribution in [0.15, 0.2) is 47.4 Å². The molecule has 2 heterocycles. The van der Waals surface area contributed by atoms with Crippen LogP contribution in [0.25, 0.3) is 10.9 Å². The molecule has 2 aromatic carbocycles. The summed E-state index contributed by atoms with van der Waals surface area (Å²) in [6, 6.07) is 13.4. The number of amides is 1. The first-order valence-electron chi connectivity index (χ1n) is 12.9. The van der Waals surface area contributed by atoms with E-state index in [9.17, 15) is 13.2 Å². The van der Waals surface area contributed by atoms with Gasteiger partial charge in [-0.05, 0) is 86.7 Å². The van der Waals surface area contributed by atoms with Gasteiger partial charge in [-0.25, -0.2) is 8.42 Å². The molecule has 36 heavy (non-hydrogen) atoms. The van der Waals surface area contributed by atoms with Gasteiger partial charge in [-0.15, -0.1) is 0 Å². The summed E-state index contributed by atoms with van der Waals surface area (Å²) < 4.78 is 26.7. The van der Waals surface area contributed by atoms with Gasteiger partial charge in [0.2, 0.25) is 0 Å². The summed E-state index contributed by atoms with van der Waals surface area (Å²) in [7, 11) is -3.32. The molecule has 2 aliphatic rings. The van der Waals surface area contributed by atoms with Crippen molar-refractivity contribution in [3.63, 3.8) is 0 Å². The number of aromatic nitrogens is 1. The molecule has 1 amide bonds. The third-order valence-corrected chi connectivity index (χ3v) is 9.64. The van der Waals surface area contributed by atoms with Gasteiger partial charge >= 0.3 is 0 Å². The van der Waals surface area contributed by atoms with Crippen molar-refractivity contribution >= 4 is 38.2 Å². The van der Waals surface area contributed by atoms with E-state index in [1.807, 2.05) is 12.1 Å². The minimum absolute atomic E-state index is 0.0172. The highest BCUT2D eigenvalue weighted by Crippen LogP contribution is 2.40. The van der Waals surface area contributed by atoms with E-state index < -0.39 is 9.84 Å². The lowest BCUT2D eigenvalue weighted by Crippen LogP contribution is -2.33. The van der Waals surface area contributed by atoms with Crippen molar-refractivity contribution in [2.45, 2.75) is 63.6 Å². The second-order valence-electron chi connectivity index (χ2n) is 10.3. The van der Waals surface area contributed by atoms with E-state index >= 15 is 0 Å². The third-order valence-electron chi connectivity index (χ3n) is 7.56. The Morgan fingerprint density at radius 3 is 2.47 bits per heavy atom. The lowest BCUT2D eigenvalue weighted by molar-refractivity contribution is 0.0951.